The van der Waals surface area contributed by atoms with Gasteiger partial charge in [-0.25, -0.2) is 13.5 Å². The number of hydrogen-bond donors (Lipinski definition) is 1. The first-order valence-corrected chi connectivity index (χ1v) is 11.2. The first-order valence-electron chi connectivity index (χ1n) is 11.2. The molecule has 0 unspecified atom stereocenters. The van der Waals surface area contributed by atoms with E-state index in [2.05, 4.69) is 10.4 Å². The molecule has 0 saturated carbocycles. The third-order valence-corrected chi connectivity index (χ3v) is 5.46. The van der Waals surface area contributed by atoms with Gasteiger partial charge in [-0.2, -0.15) is 5.10 Å². The quantitative estimate of drug-likeness (QED) is 0.397. The lowest BCUT2D eigenvalue weighted by Crippen LogP contribution is -2.39. The highest BCUT2D eigenvalue weighted by molar-refractivity contribution is 5.95. The standard InChI is InChI=1S/C27H24F2N4O2/c1-2-32(27(35)16-19-8-10-21(28)11-9-19)18-26(34)30-25-17-24(20-6-4-3-5-7-20)31-33(25)23-14-12-22(29)13-15-23/h3-15,17H,2,16,18H2,1H3,(H,30,34). The summed E-state index contributed by atoms with van der Waals surface area (Å²) in [5.41, 5.74) is 2.72. The molecule has 4 rings (SSSR count). The molecule has 0 spiro atoms. The van der Waals surface area contributed by atoms with Gasteiger partial charge in [0.05, 0.1) is 24.3 Å². The molecule has 8 heteroatoms. The van der Waals surface area contributed by atoms with Crippen molar-refractivity contribution in [3.63, 3.8) is 0 Å². The van der Waals surface area contributed by atoms with Crippen molar-refractivity contribution in [3.8, 4) is 16.9 Å². The highest BCUT2D eigenvalue weighted by atomic mass is 19.1. The minimum Gasteiger partial charge on any atom is -0.333 e. The molecule has 4 aromatic rings. The average Bonchev–Trinajstić information content (AvgIpc) is 3.28. The summed E-state index contributed by atoms with van der Waals surface area (Å²) in [6.07, 6.45) is 0.0626. The zero-order chi connectivity index (χ0) is 24.8. The van der Waals surface area contributed by atoms with Gasteiger partial charge in [0.2, 0.25) is 11.8 Å². The molecule has 0 radical (unpaired) electrons. The number of carbonyl (C=O) groups is 2. The molecule has 2 amide bonds. The van der Waals surface area contributed by atoms with Crippen molar-refractivity contribution in [1.82, 2.24) is 14.7 Å². The normalized spacial score (nSPS) is 10.7. The molecule has 0 saturated heterocycles. The maximum atomic E-state index is 13.5. The van der Waals surface area contributed by atoms with E-state index in [0.29, 0.717) is 29.3 Å². The number of benzene rings is 3. The number of amides is 2. The molecule has 1 heterocycles. The van der Waals surface area contributed by atoms with Crippen LogP contribution in [0.3, 0.4) is 0 Å². The fourth-order valence-corrected chi connectivity index (χ4v) is 3.62. The number of rotatable bonds is 8. The van der Waals surface area contributed by atoms with Gasteiger partial charge in [-0.15, -0.1) is 0 Å². The minimum absolute atomic E-state index is 0.0626. The van der Waals surface area contributed by atoms with Crippen LogP contribution in [0.4, 0.5) is 14.6 Å². The molecule has 35 heavy (non-hydrogen) atoms. The van der Waals surface area contributed by atoms with Crippen molar-refractivity contribution >= 4 is 17.6 Å². The van der Waals surface area contributed by atoms with E-state index in [1.807, 2.05) is 30.3 Å². The monoisotopic (exact) mass is 474 g/mol. The molecule has 1 N–H and O–H groups in total. The van der Waals surface area contributed by atoms with Gasteiger partial charge in [0, 0.05) is 18.2 Å². The summed E-state index contributed by atoms with van der Waals surface area (Å²) in [4.78, 5) is 27.1. The topological polar surface area (TPSA) is 67.2 Å². The number of carbonyl (C=O) groups excluding carboxylic acids is 2. The molecule has 178 valence electrons. The molecule has 1 aromatic heterocycles. The highest BCUT2D eigenvalue weighted by Gasteiger charge is 2.19. The number of hydrogen-bond acceptors (Lipinski definition) is 3. The van der Waals surface area contributed by atoms with Gasteiger partial charge in [0.25, 0.3) is 0 Å². The van der Waals surface area contributed by atoms with Crippen LogP contribution in [0.5, 0.6) is 0 Å². The molecule has 0 bridgehead atoms. The van der Waals surface area contributed by atoms with Gasteiger partial charge >= 0.3 is 0 Å². The molecule has 6 nitrogen and oxygen atoms in total. The third kappa shape index (κ3) is 5.97. The molecule has 3 aromatic carbocycles. The van der Waals surface area contributed by atoms with Gasteiger partial charge in [-0.1, -0.05) is 42.5 Å². The van der Waals surface area contributed by atoms with E-state index in [0.717, 1.165) is 5.56 Å². The lowest BCUT2D eigenvalue weighted by atomic mass is 10.1. The Labute approximate surface area is 201 Å². The molecule has 0 fully saturated rings. The van der Waals surface area contributed by atoms with Crippen LogP contribution in [0.25, 0.3) is 16.9 Å². The Hall–Kier alpha value is -4.33. The van der Waals surface area contributed by atoms with Crippen LogP contribution in [0.2, 0.25) is 0 Å². The summed E-state index contributed by atoms with van der Waals surface area (Å²) in [5, 5.41) is 7.43. The van der Waals surface area contributed by atoms with Crippen molar-refractivity contribution in [1.29, 1.82) is 0 Å². The molecular formula is C27H24F2N4O2. The van der Waals surface area contributed by atoms with E-state index in [9.17, 15) is 18.4 Å². The van der Waals surface area contributed by atoms with E-state index >= 15 is 0 Å². The predicted octanol–water partition coefficient (Wildman–Crippen LogP) is 4.85. The van der Waals surface area contributed by atoms with Crippen molar-refractivity contribution in [3.05, 3.63) is 102 Å². The number of aromatic nitrogens is 2. The minimum atomic E-state index is -0.401. The Morgan fingerprint density at radius 2 is 1.54 bits per heavy atom. The Kier molecular flexibility index (Phi) is 7.30. The fourth-order valence-electron chi connectivity index (χ4n) is 3.62. The lowest BCUT2D eigenvalue weighted by Gasteiger charge is -2.20. The summed E-state index contributed by atoms with van der Waals surface area (Å²) in [5.74, 6) is -1.01. The summed E-state index contributed by atoms with van der Waals surface area (Å²) in [7, 11) is 0. The molecule has 0 aliphatic carbocycles. The Morgan fingerprint density at radius 3 is 2.17 bits per heavy atom. The van der Waals surface area contributed by atoms with Crippen molar-refractivity contribution < 1.29 is 18.4 Å². The lowest BCUT2D eigenvalue weighted by molar-refractivity contribution is -0.133. The zero-order valence-corrected chi connectivity index (χ0v) is 19.1. The average molecular weight is 475 g/mol. The smallest absolute Gasteiger partial charge is 0.245 e. The van der Waals surface area contributed by atoms with Crippen LogP contribution in [0.15, 0.2) is 84.9 Å². The van der Waals surface area contributed by atoms with Gasteiger partial charge in [0.15, 0.2) is 0 Å². The third-order valence-electron chi connectivity index (χ3n) is 5.46. The van der Waals surface area contributed by atoms with E-state index in [-0.39, 0.29) is 30.5 Å². The highest BCUT2D eigenvalue weighted by Crippen LogP contribution is 2.25. The number of nitrogens with one attached hydrogen (secondary N) is 1. The van der Waals surface area contributed by atoms with Crippen LogP contribution in [0.1, 0.15) is 12.5 Å². The SMILES string of the molecule is CCN(CC(=O)Nc1cc(-c2ccccc2)nn1-c1ccc(F)cc1)C(=O)Cc1ccc(F)cc1. The number of anilines is 1. The van der Waals surface area contributed by atoms with E-state index in [1.165, 1.54) is 33.8 Å². The second-order valence-corrected chi connectivity index (χ2v) is 7.93. The van der Waals surface area contributed by atoms with Crippen LogP contribution in [-0.4, -0.2) is 39.6 Å². The predicted molar refractivity (Wildman–Crippen MR) is 130 cm³/mol. The molecule has 0 atom stereocenters. The molecule has 0 aliphatic rings. The summed E-state index contributed by atoms with van der Waals surface area (Å²) >= 11 is 0. The number of nitrogens with zero attached hydrogens (tertiary/aromatic N) is 3. The Morgan fingerprint density at radius 1 is 0.914 bits per heavy atom. The van der Waals surface area contributed by atoms with Crippen molar-refractivity contribution in [2.75, 3.05) is 18.4 Å². The van der Waals surface area contributed by atoms with E-state index < -0.39 is 5.91 Å². The van der Waals surface area contributed by atoms with Crippen LogP contribution >= 0.6 is 0 Å². The van der Waals surface area contributed by atoms with Crippen LogP contribution in [-0.2, 0) is 16.0 Å². The van der Waals surface area contributed by atoms with E-state index in [1.54, 1.807) is 37.3 Å². The van der Waals surface area contributed by atoms with Gasteiger partial charge in [0.1, 0.15) is 17.5 Å². The Bertz CT molecular complexity index is 1300. The van der Waals surface area contributed by atoms with E-state index in [4.69, 9.17) is 0 Å². The van der Waals surface area contributed by atoms with Crippen LogP contribution < -0.4 is 5.32 Å². The van der Waals surface area contributed by atoms with Crippen LogP contribution in [0, 0.1) is 11.6 Å². The largest absolute Gasteiger partial charge is 0.333 e. The second kappa shape index (κ2) is 10.7. The van der Waals surface area contributed by atoms with Gasteiger partial charge < -0.3 is 10.2 Å². The first-order chi connectivity index (χ1) is 16.9. The summed E-state index contributed by atoms with van der Waals surface area (Å²) in [6.45, 7) is 1.96. The fraction of sp³-hybridized carbons (Fsp3) is 0.148. The van der Waals surface area contributed by atoms with Crippen molar-refractivity contribution in [2.45, 2.75) is 13.3 Å². The zero-order valence-electron chi connectivity index (χ0n) is 19.1. The molecule has 0 aliphatic heterocycles. The first kappa shape index (κ1) is 23.8. The number of likely N-dealkylation sites (N-methyl/N-ethyl adjacent to an activating group) is 1. The molecular weight excluding hydrogens is 450 g/mol. The maximum absolute atomic E-state index is 13.5. The van der Waals surface area contributed by atoms with Crippen molar-refractivity contribution in [2.24, 2.45) is 0 Å². The second-order valence-electron chi connectivity index (χ2n) is 7.93. The maximum Gasteiger partial charge on any atom is 0.245 e. The van der Waals surface area contributed by atoms with Gasteiger partial charge in [-0.3, -0.25) is 9.59 Å². The van der Waals surface area contributed by atoms with Gasteiger partial charge in [-0.05, 0) is 48.9 Å². The summed E-state index contributed by atoms with van der Waals surface area (Å²) < 4.78 is 28.1. The number of halogens is 2. The Balaban J connectivity index is 1.53. The summed E-state index contributed by atoms with van der Waals surface area (Å²) in [6, 6.07) is 22.7.